The number of anilines is 1. The molecule has 3 atom stereocenters. The number of carbonyl (C=O) groups excluding carboxylic acids is 2. The SMILES string of the molecule is C[C@@H]1COCCN1C[C@H]1CN(C(=O)OC(C)(C)C)[C@H](C)CN1CC(=O)N1CCOc2nc(C#N)c(Cc3ccc(F)cc3)cc21. The third-order valence-electron chi connectivity index (χ3n) is 8.48. The predicted octanol–water partition coefficient (Wildman–Crippen LogP) is 3.44. The zero-order chi connectivity index (χ0) is 32.3. The predicted molar refractivity (Wildman–Crippen MR) is 166 cm³/mol. The van der Waals surface area contributed by atoms with Crippen LogP contribution in [0.4, 0.5) is 14.9 Å². The Balaban J connectivity index is 1.38. The maximum Gasteiger partial charge on any atom is 0.410 e. The number of fused-ring (bicyclic) bond motifs is 1. The van der Waals surface area contributed by atoms with E-state index < -0.39 is 5.60 Å². The van der Waals surface area contributed by atoms with Crippen LogP contribution >= 0.6 is 0 Å². The fourth-order valence-electron chi connectivity index (χ4n) is 6.11. The number of piperazine rings is 1. The molecule has 0 unspecified atom stereocenters. The number of hydrogen-bond acceptors (Lipinski definition) is 9. The summed E-state index contributed by atoms with van der Waals surface area (Å²) >= 11 is 0. The van der Waals surface area contributed by atoms with Crippen LogP contribution in [0.1, 0.15) is 51.4 Å². The molecule has 0 aliphatic carbocycles. The smallest absolute Gasteiger partial charge is 0.410 e. The van der Waals surface area contributed by atoms with E-state index in [1.165, 1.54) is 12.1 Å². The molecule has 0 N–H and O–H groups in total. The summed E-state index contributed by atoms with van der Waals surface area (Å²) in [5.41, 5.74) is 1.56. The Kier molecular flexibility index (Phi) is 9.91. The van der Waals surface area contributed by atoms with Crippen LogP contribution in [-0.4, -0.2) is 114 Å². The molecule has 0 radical (unpaired) electrons. The second kappa shape index (κ2) is 13.7. The molecule has 3 aliphatic rings. The standard InChI is InChI=1S/C33H43FN6O5/c1-22-17-38(27(18-37-10-12-43-21-23(37)2)19-40(22)32(42)45-33(3,4)5)20-30(41)39-11-13-44-31-29(39)15-25(28(16-35)36-31)14-24-6-8-26(34)9-7-24/h6-9,15,22-23,27H,10-14,17-21H2,1-5H3/t22-,23-,27+/m1/s1. The van der Waals surface area contributed by atoms with Crippen LogP contribution in [0.2, 0.25) is 0 Å². The summed E-state index contributed by atoms with van der Waals surface area (Å²) in [4.78, 5) is 39.7. The molecule has 5 rings (SSSR count). The summed E-state index contributed by atoms with van der Waals surface area (Å²) in [6.07, 6.45) is 0.00580. The van der Waals surface area contributed by atoms with Gasteiger partial charge in [-0.3, -0.25) is 14.6 Å². The van der Waals surface area contributed by atoms with Crippen molar-refractivity contribution < 1.29 is 28.2 Å². The van der Waals surface area contributed by atoms with Crippen molar-refractivity contribution >= 4 is 17.7 Å². The number of benzene rings is 1. The van der Waals surface area contributed by atoms with Gasteiger partial charge in [0.2, 0.25) is 11.8 Å². The van der Waals surface area contributed by atoms with Crippen LogP contribution in [0.3, 0.4) is 0 Å². The van der Waals surface area contributed by atoms with Crippen molar-refractivity contribution in [3.05, 3.63) is 53.0 Å². The number of nitrogens with zero attached hydrogens (tertiary/aromatic N) is 6. The van der Waals surface area contributed by atoms with Crippen molar-refractivity contribution in [2.75, 3.05) is 64.0 Å². The minimum absolute atomic E-state index is 0.105. The van der Waals surface area contributed by atoms with E-state index in [0.717, 1.165) is 12.1 Å². The maximum atomic E-state index is 14.1. The van der Waals surface area contributed by atoms with Crippen LogP contribution in [0, 0.1) is 17.1 Å². The van der Waals surface area contributed by atoms with Gasteiger partial charge in [-0.15, -0.1) is 0 Å². The van der Waals surface area contributed by atoms with Crippen molar-refractivity contribution in [3.8, 4) is 11.9 Å². The van der Waals surface area contributed by atoms with Gasteiger partial charge in [0.25, 0.3) is 0 Å². The Bertz CT molecular complexity index is 1420. The Morgan fingerprint density at radius 1 is 1.09 bits per heavy atom. The van der Waals surface area contributed by atoms with Gasteiger partial charge in [-0.2, -0.15) is 5.26 Å². The van der Waals surface area contributed by atoms with E-state index in [4.69, 9.17) is 14.2 Å². The highest BCUT2D eigenvalue weighted by atomic mass is 19.1. The second-order valence-electron chi connectivity index (χ2n) is 13.1. The van der Waals surface area contributed by atoms with E-state index in [9.17, 15) is 19.2 Å². The van der Waals surface area contributed by atoms with E-state index >= 15 is 0 Å². The normalized spacial score (nSPS) is 22.7. The largest absolute Gasteiger partial charge is 0.474 e. The molecule has 2 fully saturated rings. The molecule has 2 aromatic rings. The maximum absolute atomic E-state index is 14.1. The molecule has 0 spiro atoms. The van der Waals surface area contributed by atoms with E-state index in [2.05, 4.69) is 27.8 Å². The summed E-state index contributed by atoms with van der Waals surface area (Å²) in [6.45, 7) is 14.1. The van der Waals surface area contributed by atoms with E-state index in [-0.39, 0.29) is 60.7 Å². The molecule has 1 aromatic heterocycles. The first-order valence-corrected chi connectivity index (χ1v) is 15.6. The van der Waals surface area contributed by atoms with Gasteiger partial charge in [-0.25, -0.2) is 14.2 Å². The Hall–Kier alpha value is -3.79. The van der Waals surface area contributed by atoms with Crippen molar-refractivity contribution in [1.29, 1.82) is 5.26 Å². The highest BCUT2D eigenvalue weighted by molar-refractivity contribution is 5.96. The number of amides is 2. The van der Waals surface area contributed by atoms with Crippen molar-refractivity contribution in [2.45, 2.75) is 64.8 Å². The molecular formula is C33H43FN6O5. The number of ether oxygens (including phenoxy) is 3. The number of rotatable bonds is 6. The Morgan fingerprint density at radius 3 is 2.53 bits per heavy atom. The number of morpholine rings is 1. The third kappa shape index (κ3) is 7.90. The van der Waals surface area contributed by atoms with Gasteiger partial charge in [0.15, 0.2) is 0 Å². The minimum atomic E-state index is -0.614. The van der Waals surface area contributed by atoms with Gasteiger partial charge in [0.05, 0.1) is 26.3 Å². The average Bonchev–Trinajstić information content (AvgIpc) is 2.99. The summed E-state index contributed by atoms with van der Waals surface area (Å²) in [5.74, 6) is -0.205. The topological polar surface area (TPSA) is 111 Å². The molecule has 12 heteroatoms. The van der Waals surface area contributed by atoms with Gasteiger partial charge in [-0.05, 0) is 63.9 Å². The molecule has 2 saturated heterocycles. The first-order chi connectivity index (χ1) is 21.4. The van der Waals surface area contributed by atoms with Gasteiger partial charge >= 0.3 is 6.09 Å². The van der Waals surface area contributed by atoms with Crippen LogP contribution in [0.15, 0.2) is 30.3 Å². The zero-order valence-electron chi connectivity index (χ0n) is 26.8. The fourth-order valence-corrected chi connectivity index (χ4v) is 6.11. The van der Waals surface area contributed by atoms with Crippen molar-refractivity contribution in [2.24, 2.45) is 0 Å². The van der Waals surface area contributed by atoms with Crippen LogP contribution in [-0.2, 0) is 20.7 Å². The molecule has 45 heavy (non-hydrogen) atoms. The average molecular weight is 623 g/mol. The molecule has 11 nitrogen and oxygen atoms in total. The summed E-state index contributed by atoms with van der Waals surface area (Å²) in [6, 6.07) is 9.97. The van der Waals surface area contributed by atoms with E-state index in [0.29, 0.717) is 57.1 Å². The summed E-state index contributed by atoms with van der Waals surface area (Å²) < 4.78 is 30.7. The number of hydrogen-bond donors (Lipinski definition) is 0. The lowest BCUT2D eigenvalue weighted by atomic mass is 10.0. The summed E-state index contributed by atoms with van der Waals surface area (Å²) in [7, 11) is 0. The molecule has 1 aromatic carbocycles. The van der Waals surface area contributed by atoms with Crippen LogP contribution < -0.4 is 9.64 Å². The lowest BCUT2D eigenvalue weighted by Crippen LogP contribution is -2.64. The van der Waals surface area contributed by atoms with E-state index in [1.54, 1.807) is 28.0 Å². The molecule has 3 aliphatic heterocycles. The third-order valence-corrected chi connectivity index (χ3v) is 8.48. The van der Waals surface area contributed by atoms with Crippen molar-refractivity contribution in [1.82, 2.24) is 19.7 Å². The van der Waals surface area contributed by atoms with Gasteiger partial charge < -0.3 is 24.0 Å². The van der Waals surface area contributed by atoms with Crippen molar-refractivity contribution in [3.63, 3.8) is 0 Å². The quantitative estimate of drug-likeness (QED) is 0.479. The summed E-state index contributed by atoms with van der Waals surface area (Å²) in [5, 5.41) is 9.80. The second-order valence-corrected chi connectivity index (χ2v) is 13.1. The minimum Gasteiger partial charge on any atom is -0.474 e. The van der Waals surface area contributed by atoms with Gasteiger partial charge in [-0.1, -0.05) is 12.1 Å². The molecule has 0 saturated carbocycles. The van der Waals surface area contributed by atoms with Gasteiger partial charge in [0.1, 0.15) is 35.5 Å². The first kappa shape index (κ1) is 32.6. The highest BCUT2D eigenvalue weighted by Crippen LogP contribution is 2.33. The Morgan fingerprint density at radius 2 is 1.84 bits per heavy atom. The lowest BCUT2D eigenvalue weighted by molar-refractivity contribution is -0.122. The number of halogens is 1. The lowest BCUT2D eigenvalue weighted by Gasteiger charge is -2.47. The zero-order valence-corrected chi connectivity index (χ0v) is 26.8. The monoisotopic (exact) mass is 622 g/mol. The number of nitriles is 1. The fraction of sp³-hybridized carbons (Fsp3) is 0.576. The molecule has 2 amide bonds. The molecule has 242 valence electrons. The highest BCUT2D eigenvalue weighted by Gasteiger charge is 2.39. The number of carbonyl (C=O) groups is 2. The van der Waals surface area contributed by atoms with Crippen LogP contribution in [0.25, 0.3) is 0 Å². The number of aromatic nitrogens is 1. The first-order valence-electron chi connectivity index (χ1n) is 15.6. The molecule has 4 heterocycles. The molecule has 0 bridgehead atoms. The van der Waals surface area contributed by atoms with Crippen LogP contribution in [0.5, 0.6) is 5.88 Å². The molecular weight excluding hydrogens is 579 g/mol. The van der Waals surface area contributed by atoms with Gasteiger partial charge in [0, 0.05) is 50.7 Å². The Labute approximate surface area is 264 Å². The van der Waals surface area contributed by atoms with E-state index in [1.807, 2.05) is 27.7 Å². The number of pyridine rings is 1.